The van der Waals surface area contributed by atoms with Crippen LogP contribution in [-0.2, 0) is 19.1 Å². The summed E-state index contributed by atoms with van der Waals surface area (Å²) in [6.07, 6.45) is 67.5. The highest BCUT2D eigenvalue weighted by atomic mass is 16.6. The predicted molar refractivity (Wildman–Crippen MR) is 260 cm³/mol. The SMILES string of the molecule is CCCCC/C=C\C/C=C\CCCCCCCC(=O)OCC(CO)OC(=O)CCCCCCCCCCCCCCCCCC/C=C\C/C=C\C/C=C\CCCCCCC. The summed E-state index contributed by atoms with van der Waals surface area (Å²) in [7, 11) is 0. The lowest BCUT2D eigenvalue weighted by molar-refractivity contribution is -0.161. The van der Waals surface area contributed by atoms with Crippen LogP contribution in [0, 0.1) is 0 Å². The molecule has 5 nitrogen and oxygen atoms in total. The predicted octanol–water partition coefficient (Wildman–Crippen LogP) is 17.1. The molecule has 0 saturated carbocycles. The van der Waals surface area contributed by atoms with Crippen LogP contribution in [0.2, 0.25) is 0 Å². The van der Waals surface area contributed by atoms with E-state index in [1.807, 2.05) is 0 Å². The van der Waals surface area contributed by atoms with Crippen LogP contribution in [0.25, 0.3) is 0 Å². The van der Waals surface area contributed by atoms with E-state index in [1.54, 1.807) is 0 Å². The summed E-state index contributed by atoms with van der Waals surface area (Å²) in [5.74, 6) is -0.601. The average molecular weight is 839 g/mol. The molecule has 0 aliphatic rings. The highest BCUT2D eigenvalue weighted by Gasteiger charge is 2.16. The van der Waals surface area contributed by atoms with Crippen molar-refractivity contribution in [1.82, 2.24) is 0 Å². The monoisotopic (exact) mass is 839 g/mol. The van der Waals surface area contributed by atoms with Gasteiger partial charge in [0.25, 0.3) is 0 Å². The zero-order chi connectivity index (χ0) is 43.5. The molecule has 348 valence electrons. The van der Waals surface area contributed by atoms with Crippen LogP contribution in [-0.4, -0.2) is 36.4 Å². The minimum atomic E-state index is -0.778. The first-order valence-electron chi connectivity index (χ1n) is 25.8. The highest BCUT2D eigenvalue weighted by Crippen LogP contribution is 2.15. The molecule has 1 unspecified atom stereocenters. The normalized spacial score (nSPS) is 12.7. The van der Waals surface area contributed by atoms with E-state index in [-0.39, 0.29) is 25.2 Å². The minimum absolute atomic E-state index is 0.0729. The van der Waals surface area contributed by atoms with Gasteiger partial charge in [0.1, 0.15) is 6.61 Å². The molecule has 60 heavy (non-hydrogen) atoms. The van der Waals surface area contributed by atoms with Crippen molar-refractivity contribution in [3.05, 3.63) is 60.8 Å². The van der Waals surface area contributed by atoms with Gasteiger partial charge in [0.05, 0.1) is 6.61 Å². The molecule has 0 aliphatic carbocycles. The van der Waals surface area contributed by atoms with E-state index in [2.05, 4.69) is 74.6 Å². The lowest BCUT2D eigenvalue weighted by Gasteiger charge is -2.15. The molecule has 0 aromatic rings. The van der Waals surface area contributed by atoms with E-state index in [9.17, 15) is 14.7 Å². The fraction of sp³-hybridized carbons (Fsp3) is 0.782. The van der Waals surface area contributed by atoms with Gasteiger partial charge < -0.3 is 14.6 Å². The number of rotatable bonds is 47. The van der Waals surface area contributed by atoms with Crippen molar-refractivity contribution in [3.63, 3.8) is 0 Å². The third-order valence-electron chi connectivity index (χ3n) is 11.3. The molecule has 0 saturated heterocycles. The fourth-order valence-electron chi connectivity index (χ4n) is 7.36. The van der Waals surface area contributed by atoms with Gasteiger partial charge in [-0.2, -0.15) is 0 Å². The van der Waals surface area contributed by atoms with Crippen molar-refractivity contribution in [3.8, 4) is 0 Å². The van der Waals surface area contributed by atoms with Crippen LogP contribution in [0.4, 0.5) is 0 Å². The van der Waals surface area contributed by atoms with Crippen LogP contribution >= 0.6 is 0 Å². The maximum absolute atomic E-state index is 12.3. The molecule has 0 aromatic heterocycles. The second-order valence-corrected chi connectivity index (χ2v) is 17.2. The number of aliphatic hydroxyl groups is 1. The quantitative estimate of drug-likeness (QED) is 0.0375. The zero-order valence-electron chi connectivity index (χ0n) is 39.7. The van der Waals surface area contributed by atoms with Crippen LogP contribution in [0.15, 0.2) is 60.8 Å². The summed E-state index contributed by atoms with van der Waals surface area (Å²) >= 11 is 0. The number of carbonyl (C=O) groups is 2. The fourth-order valence-corrected chi connectivity index (χ4v) is 7.36. The second-order valence-electron chi connectivity index (χ2n) is 17.2. The molecule has 0 amide bonds. The highest BCUT2D eigenvalue weighted by molar-refractivity contribution is 5.70. The van der Waals surface area contributed by atoms with Gasteiger partial charge in [-0.3, -0.25) is 9.59 Å². The molecule has 0 aliphatic heterocycles. The van der Waals surface area contributed by atoms with Crippen molar-refractivity contribution < 1.29 is 24.2 Å². The molecule has 5 heteroatoms. The first-order chi connectivity index (χ1) is 29.6. The summed E-state index contributed by atoms with van der Waals surface area (Å²) < 4.78 is 10.7. The Hall–Kier alpha value is -2.40. The molecule has 0 bridgehead atoms. The van der Waals surface area contributed by atoms with E-state index in [0.29, 0.717) is 12.8 Å². The molecule has 0 aromatic carbocycles. The zero-order valence-corrected chi connectivity index (χ0v) is 39.7. The molecule has 0 radical (unpaired) electrons. The molecule has 0 heterocycles. The Balaban J connectivity index is 3.48. The van der Waals surface area contributed by atoms with Crippen molar-refractivity contribution in [1.29, 1.82) is 0 Å². The summed E-state index contributed by atoms with van der Waals surface area (Å²) in [6.45, 7) is 4.10. The van der Waals surface area contributed by atoms with Crippen LogP contribution in [0.5, 0.6) is 0 Å². The Labute approximate surface area is 372 Å². The maximum Gasteiger partial charge on any atom is 0.306 e. The average Bonchev–Trinajstić information content (AvgIpc) is 3.25. The van der Waals surface area contributed by atoms with Crippen LogP contribution in [0.3, 0.4) is 0 Å². The van der Waals surface area contributed by atoms with Gasteiger partial charge >= 0.3 is 11.9 Å². The Kier molecular flexibility index (Phi) is 48.9. The van der Waals surface area contributed by atoms with Gasteiger partial charge in [-0.1, -0.05) is 222 Å². The van der Waals surface area contributed by atoms with Gasteiger partial charge in [-0.15, -0.1) is 0 Å². The van der Waals surface area contributed by atoms with Crippen molar-refractivity contribution in [2.75, 3.05) is 13.2 Å². The lowest BCUT2D eigenvalue weighted by atomic mass is 10.0. The van der Waals surface area contributed by atoms with E-state index in [0.717, 1.165) is 64.2 Å². The molecule has 0 fully saturated rings. The molecule has 0 spiro atoms. The standard InChI is InChI=1S/C55H98O5/c1-3-5-7-9-11-13-15-17-19-20-21-22-23-24-25-26-27-28-29-30-31-32-33-34-36-38-40-42-44-46-48-50-55(58)60-53(51-56)52-59-54(57)49-47-45-43-41-39-37-35-18-16-14-12-10-8-6-4-2/h12,14-15,17-18,20-21,23-24,35,53,56H,3-11,13,16,19,22,25-34,36-52H2,1-2H3/b14-12-,17-15-,21-20-,24-23-,35-18-. The number of carbonyl (C=O) groups excluding carboxylic acids is 2. The van der Waals surface area contributed by atoms with Crippen LogP contribution in [0.1, 0.15) is 258 Å². The maximum atomic E-state index is 12.3. The third kappa shape index (κ3) is 48.3. The molecular weight excluding hydrogens is 741 g/mol. The van der Waals surface area contributed by atoms with E-state index in [1.165, 1.54) is 167 Å². The number of aliphatic hydroxyl groups excluding tert-OH is 1. The van der Waals surface area contributed by atoms with Crippen molar-refractivity contribution in [2.45, 2.75) is 264 Å². The first kappa shape index (κ1) is 57.6. The molecule has 0 rings (SSSR count). The Bertz CT molecular complexity index is 1040. The number of hydrogen-bond acceptors (Lipinski definition) is 5. The lowest BCUT2D eigenvalue weighted by Crippen LogP contribution is -2.28. The van der Waals surface area contributed by atoms with Gasteiger partial charge in [0.15, 0.2) is 6.10 Å². The topological polar surface area (TPSA) is 72.8 Å². The van der Waals surface area contributed by atoms with Gasteiger partial charge in [0, 0.05) is 12.8 Å². The largest absolute Gasteiger partial charge is 0.462 e. The number of allylic oxidation sites excluding steroid dienone is 10. The second kappa shape index (κ2) is 51.0. The summed E-state index contributed by atoms with van der Waals surface area (Å²) in [4.78, 5) is 24.4. The number of esters is 2. The first-order valence-corrected chi connectivity index (χ1v) is 25.8. The van der Waals surface area contributed by atoms with Gasteiger partial charge in [-0.25, -0.2) is 0 Å². The third-order valence-corrected chi connectivity index (χ3v) is 11.3. The smallest absolute Gasteiger partial charge is 0.306 e. The van der Waals surface area contributed by atoms with Crippen molar-refractivity contribution in [2.24, 2.45) is 0 Å². The van der Waals surface area contributed by atoms with Crippen LogP contribution < -0.4 is 0 Å². The number of hydrogen-bond donors (Lipinski definition) is 1. The number of ether oxygens (including phenoxy) is 2. The summed E-state index contributed by atoms with van der Waals surface area (Å²) in [5, 5.41) is 9.61. The van der Waals surface area contributed by atoms with E-state index in [4.69, 9.17) is 9.47 Å². The van der Waals surface area contributed by atoms with Gasteiger partial charge in [0.2, 0.25) is 0 Å². The number of unbranched alkanes of at least 4 members (excludes halogenated alkanes) is 29. The summed E-state index contributed by atoms with van der Waals surface area (Å²) in [5.41, 5.74) is 0. The molecular formula is C55H98O5. The Morgan fingerprint density at radius 3 is 1.03 bits per heavy atom. The van der Waals surface area contributed by atoms with E-state index < -0.39 is 6.10 Å². The Morgan fingerprint density at radius 2 is 0.667 bits per heavy atom. The molecule has 1 N–H and O–H groups in total. The Morgan fingerprint density at radius 1 is 0.383 bits per heavy atom. The van der Waals surface area contributed by atoms with Gasteiger partial charge in [-0.05, 0) is 83.5 Å². The molecule has 1 atom stereocenters. The summed E-state index contributed by atoms with van der Waals surface area (Å²) in [6, 6.07) is 0. The minimum Gasteiger partial charge on any atom is -0.462 e. The van der Waals surface area contributed by atoms with Crippen molar-refractivity contribution >= 4 is 11.9 Å². The van der Waals surface area contributed by atoms with E-state index >= 15 is 0 Å².